The second kappa shape index (κ2) is 5.64. The standard InChI is InChI=1S/C12H23NO3/c1-4-12(11(14)15)6-5-7-13(9-12)10(2)8-16-3/h10H,4-9H2,1-3H3,(H,14,15). The lowest BCUT2D eigenvalue weighted by molar-refractivity contribution is -0.153. The fourth-order valence-corrected chi connectivity index (χ4v) is 2.50. The summed E-state index contributed by atoms with van der Waals surface area (Å²) in [7, 11) is 1.69. The Hall–Kier alpha value is -0.610. The average molecular weight is 229 g/mol. The smallest absolute Gasteiger partial charge is 0.310 e. The van der Waals surface area contributed by atoms with Gasteiger partial charge < -0.3 is 9.84 Å². The predicted octanol–water partition coefficient (Wildman–Crippen LogP) is 1.60. The molecule has 0 aromatic rings. The van der Waals surface area contributed by atoms with Gasteiger partial charge in [0.2, 0.25) is 0 Å². The number of rotatable bonds is 5. The summed E-state index contributed by atoms with van der Waals surface area (Å²) in [6.45, 7) is 6.37. The molecule has 1 N–H and O–H groups in total. The van der Waals surface area contributed by atoms with E-state index in [1.54, 1.807) is 7.11 Å². The lowest BCUT2D eigenvalue weighted by atomic mass is 9.77. The Kier molecular flexibility index (Phi) is 4.74. The van der Waals surface area contributed by atoms with Crippen molar-refractivity contribution in [2.45, 2.75) is 39.2 Å². The summed E-state index contributed by atoms with van der Waals surface area (Å²) < 4.78 is 5.13. The van der Waals surface area contributed by atoms with Crippen molar-refractivity contribution < 1.29 is 14.6 Å². The summed E-state index contributed by atoms with van der Waals surface area (Å²) in [5.74, 6) is -0.649. The minimum absolute atomic E-state index is 0.301. The van der Waals surface area contributed by atoms with Crippen LogP contribution < -0.4 is 0 Å². The zero-order valence-corrected chi connectivity index (χ0v) is 10.5. The van der Waals surface area contributed by atoms with Gasteiger partial charge in [-0.1, -0.05) is 6.92 Å². The number of piperidine rings is 1. The minimum atomic E-state index is -0.649. The van der Waals surface area contributed by atoms with E-state index in [0.29, 0.717) is 25.6 Å². The highest BCUT2D eigenvalue weighted by Crippen LogP contribution is 2.34. The number of aliphatic carboxylic acids is 1. The highest BCUT2D eigenvalue weighted by molar-refractivity contribution is 5.75. The first-order valence-electron chi connectivity index (χ1n) is 6.02. The first-order chi connectivity index (χ1) is 7.55. The van der Waals surface area contributed by atoms with E-state index in [1.807, 2.05) is 6.92 Å². The van der Waals surface area contributed by atoms with Crippen molar-refractivity contribution in [2.24, 2.45) is 5.41 Å². The summed E-state index contributed by atoms with van der Waals surface area (Å²) in [6, 6.07) is 0.301. The molecule has 1 saturated heterocycles. The molecule has 1 aliphatic heterocycles. The van der Waals surface area contributed by atoms with E-state index < -0.39 is 11.4 Å². The summed E-state index contributed by atoms with van der Waals surface area (Å²) in [5, 5.41) is 9.36. The molecule has 2 unspecified atom stereocenters. The van der Waals surface area contributed by atoms with Crippen molar-refractivity contribution in [2.75, 3.05) is 26.8 Å². The van der Waals surface area contributed by atoms with Crippen molar-refractivity contribution in [1.82, 2.24) is 4.90 Å². The SMILES string of the molecule is CCC1(C(=O)O)CCCN(C(C)COC)C1. The minimum Gasteiger partial charge on any atom is -0.481 e. The summed E-state index contributed by atoms with van der Waals surface area (Å²) >= 11 is 0. The molecule has 0 bridgehead atoms. The zero-order valence-electron chi connectivity index (χ0n) is 10.5. The third-order valence-electron chi connectivity index (χ3n) is 3.77. The predicted molar refractivity (Wildman–Crippen MR) is 62.5 cm³/mol. The molecule has 0 amide bonds. The molecule has 4 nitrogen and oxygen atoms in total. The van der Waals surface area contributed by atoms with Crippen LogP contribution in [0.15, 0.2) is 0 Å². The number of carboxylic acids is 1. The number of methoxy groups -OCH3 is 1. The van der Waals surface area contributed by atoms with Crippen LogP contribution in [0.25, 0.3) is 0 Å². The summed E-state index contributed by atoms with van der Waals surface area (Å²) in [6.07, 6.45) is 2.47. The van der Waals surface area contributed by atoms with Crippen LogP contribution in [0, 0.1) is 5.41 Å². The van der Waals surface area contributed by atoms with Crippen LogP contribution in [0.1, 0.15) is 33.1 Å². The molecule has 0 aromatic heterocycles. The van der Waals surface area contributed by atoms with E-state index in [9.17, 15) is 9.90 Å². The van der Waals surface area contributed by atoms with E-state index in [1.165, 1.54) is 0 Å². The lowest BCUT2D eigenvalue weighted by Gasteiger charge is -2.42. The van der Waals surface area contributed by atoms with E-state index in [4.69, 9.17) is 4.74 Å². The number of nitrogens with zero attached hydrogens (tertiary/aromatic N) is 1. The first kappa shape index (κ1) is 13.5. The van der Waals surface area contributed by atoms with Crippen LogP contribution >= 0.6 is 0 Å². The molecule has 0 radical (unpaired) electrons. The highest BCUT2D eigenvalue weighted by atomic mass is 16.5. The maximum Gasteiger partial charge on any atom is 0.310 e. The third kappa shape index (κ3) is 2.74. The molecule has 1 aliphatic rings. The topological polar surface area (TPSA) is 49.8 Å². The fourth-order valence-electron chi connectivity index (χ4n) is 2.50. The molecular formula is C12H23NO3. The van der Waals surface area contributed by atoms with Gasteiger partial charge in [0.05, 0.1) is 12.0 Å². The molecule has 1 rings (SSSR count). The van der Waals surface area contributed by atoms with E-state index >= 15 is 0 Å². The molecule has 1 heterocycles. The molecule has 16 heavy (non-hydrogen) atoms. The number of likely N-dealkylation sites (tertiary alicyclic amines) is 1. The van der Waals surface area contributed by atoms with Gasteiger partial charge in [-0.05, 0) is 32.7 Å². The number of hydrogen-bond donors (Lipinski definition) is 1. The molecule has 94 valence electrons. The van der Waals surface area contributed by atoms with E-state index in [2.05, 4.69) is 11.8 Å². The monoisotopic (exact) mass is 229 g/mol. The van der Waals surface area contributed by atoms with Crippen LogP contribution in [0.3, 0.4) is 0 Å². The lowest BCUT2D eigenvalue weighted by Crippen LogP contribution is -2.51. The molecule has 4 heteroatoms. The van der Waals surface area contributed by atoms with Gasteiger partial charge in [-0.2, -0.15) is 0 Å². The second-order valence-corrected chi connectivity index (χ2v) is 4.82. The Balaban J connectivity index is 2.68. The zero-order chi connectivity index (χ0) is 12.2. The quantitative estimate of drug-likeness (QED) is 0.778. The van der Waals surface area contributed by atoms with Crippen molar-refractivity contribution in [1.29, 1.82) is 0 Å². The van der Waals surface area contributed by atoms with Crippen LogP contribution in [0.2, 0.25) is 0 Å². The van der Waals surface area contributed by atoms with Gasteiger partial charge >= 0.3 is 5.97 Å². The normalized spacial score (nSPS) is 28.9. The molecule has 0 spiro atoms. The van der Waals surface area contributed by atoms with Crippen LogP contribution in [0.4, 0.5) is 0 Å². The van der Waals surface area contributed by atoms with Crippen LogP contribution in [0.5, 0.6) is 0 Å². The van der Waals surface area contributed by atoms with Gasteiger partial charge in [0, 0.05) is 19.7 Å². The van der Waals surface area contributed by atoms with Crippen LogP contribution in [-0.2, 0) is 9.53 Å². The molecular weight excluding hydrogens is 206 g/mol. The van der Waals surface area contributed by atoms with Gasteiger partial charge in [-0.3, -0.25) is 9.69 Å². The number of ether oxygens (including phenoxy) is 1. The molecule has 2 atom stereocenters. The largest absolute Gasteiger partial charge is 0.481 e. The number of carbonyl (C=O) groups is 1. The Bertz CT molecular complexity index is 244. The van der Waals surface area contributed by atoms with Crippen molar-refractivity contribution >= 4 is 5.97 Å². The Morgan fingerprint density at radius 2 is 2.31 bits per heavy atom. The third-order valence-corrected chi connectivity index (χ3v) is 3.77. The second-order valence-electron chi connectivity index (χ2n) is 4.82. The molecule has 0 aliphatic carbocycles. The van der Waals surface area contributed by atoms with Gasteiger partial charge in [0.25, 0.3) is 0 Å². The number of hydrogen-bond acceptors (Lipinski definition) is 3. The van der Waals surface area contributed by atoms with Crippen molar-refractivity contribution in [3.63, 3.8) is 0 Å². The highest BCUT2D eigenvalue weighted by Gasteiger charge is 2.41. The summed E-state index contributed by atoms with van der Waals surface area (Å²) in [4.78, 5) is 13.6. The van der Waals surface area contributed by atoms with Gasteiger partial charge in [-0.25, -0.2) is 0 Å². The van der Waals surface area contributed by atoms with Gasteiger partial charge in [0.1, 0.15) is 0 Å². The fraction of sp³-hybridized carbons (Fsp3) is 0.917. The Morgan fingerprint density at radius 1 is 1.62 bits per heavy atom. The van der Waals surface area contributed by atoms with Crippen LogP contribution in [-0.4, -0.2) is 48.8 Å². The van der Waals surface area contributed by atoms with Crippen molar-refractivity contribution in [3.05, 3.63) is 0 Å². The average Bonchev–Trinajstić information content (AvgIpc) is 2.29. The maximum atomic E-state index is 11.4. The number of carboxylic acid groups (broad SMARTS) is 1. The Labute approximate surface area is 97.6 Å². The maximum absolute atomic E-state index is 11.4. The molecule has 1 fully saturated rings. The Morgan fingerprint density at radius 3 is 2.81 bits per heavy atom. The van der Waals surface area contributed by atoms with E-state index in [-0.39, 0.29) is 0 Å². The van der Waals surface area contributed by atoms with Gasteiger partial charge in [-0.15, -0.1) is 0 Å². The molecule has 0 aromatic carbocycles. The van der Waals surface area contributed by atoms with E-state index in [0.717, 1.165) is 19.4 Å². The van der Waals surface area contributed by atoms with Crippen molar-refractivity contribution in [3.8, 4) is 0 Å². The molecule has 0 saturated carbocycles. The summed E-state index contributed by atoms with van der Waals surface area (Å²) in [5.41, 5.74) is -0.541. The van der Waals surface area contributed by atoms with Gasteiger partial charge in [0.15, 0.2) is 0 Å². The first-order valence-corrected chi connectivity index (χ1v) is 6.02.